The van der Waals surface area contributed by atoms with Gasteiger partial charge < -0.3 is 10.4 Å². The summed E-state index contributed by atoms with van der Waals surface area (Å²) in [6.45, 7) is 2.52. The van der Waals surface area contributed by atoms with Crippen molar-refractivity contribution in [3.63, 3.8) is 0 Å². The zero-order valence-corrected chi connectivity index (χ0v) is 8.07. The van der Waals surface area contributed by atoms with Gasteiger partial charge in [0.1, 0.15) is 11.8 Å². The van der Waals surface area contributed by atoms with Gasteiger partial charge in [-0.3, -0.25) is 0 Å². The van der Waals surface area contributed by atoms with Crippen molar-refractivity contribution < 1.29 is 5.11 Å². The minimum absolute atomic E-state index is 0.0294. The van der Waals surface area contributed by atoms with E-state index >= 15 is 0 Å². The molecule has 0 aliphatic rings. The van der Waals surface area contributed by atoms with Gasteiger partial charge in [-0.2, -0.15) is 5.26 Å². The van der Waals surface area contributed by atoms with E-state index in [1.54, 1.807) is 12.3 Å². The summed E-state index contributed by atoms with van der Waals surface area (Å²) in [4.78, 5) is 3.94. The fourth-order valence-corrected chi connectivity index (χ4v) is 1.03. The van der Waals surface area contributed by atoms with E-state index in [1.807, 2.05) is 19.1 Å². The van der Waals surface area contributed by atoms with Gasteiger partial charge in [0, 0.05) is 24.3 Å². The SMILES string of the molecule is CC(CO)NCc1cccnc1C#N. The van der Waals surface area contributed by atoms with Gasteiger partial charge in [0.2, 0.25) is 0 Å². The Balaban J connectivity index is 2.63. The van der Waals surface area contributed by atoms with Crippen molar-refractivity contribution in [3.05, 3.63) is 29.6 Å². The minimum Gasteiger partial charge on any atom is -0.395 e. The summed E-state index contributed by atoms with van der Waals surface area (Å²) in [6, 6.07) is 5.70. The lowest BCUT2D eigenvalue weighted by molar-refractivity contribution is 0.251. The maximum atomic E-state index is 8.80. The van der Waals surface area contributed by atoms with Crippen LogP contribution in [0.5, 0.6) is 0 Å². The van der Waals surface area contributed by atoms with Gasteiger partial charge in [-0.1, -0.05) is 6.07 Å². The molecule has 14 heavy (non-hydrogen) atoms. The zero-order chi connectivity index (χ0) is 10.4. The summed E-state index contributed by atoms with van der Waals surface area (Å²) in [5.41, 5.74) is 1.29. The molecule has 0 amide bonds. The van der Waals surface area contributed by atoms with E-state index in [4.69, 9.17) is 10.4 Å². The third-order valence-corrected chi connectivity index (χ3v) is 1.91. The summed E-state index contributed by atoms with van der Waals surface area (Å²) >= 11 is 0. The van der Waals surface area contributed by atoms with Crippen LogP contribution in [0.25, 0.3) is 0 Å². The van der Waals surface area contributed by atoms with Crippen LogP contribution in [0.1, 0.15) is 18.2 Å². The molecule has 1 unspecified atom stereocenters. The Hall–Kier alpha value is -1.44. The van der Waals surface area contributed by atoms with Gasteiger partial charge >= 0.3 is 0 Å². The molecule has 0 radical (unpaired) electrons. The number of pyridine rings is 1. The second-order valence-corrected chi connectivity index (χ2v) is 3.09. The molecule has 0 fully saturated rings. The smallest absolute Gasteiger partial charge is 0.144 e. The summed E-state index contributed by atoms with van der Waals surface area (Å²) in [5, 5.41) is 20.6. The Bertz CT molecular complexity index is 332. The number of hydrogen-bond acceptors (Lipinski definition) is 4. The van der Waals surface area contributed by atoms with Gasteiger partial charge in [0.25, 0.3) is 0 Å². The number of nitriles is 1. The molecule has 4 nitrogen and oxygen atoms in total. The normalized spacial score (nSPS) is 12.1. The van der Waals surface area contributed by atoms with Crippen molar-refractivity contribution in [2.24, 2.45) is 0 Å². The highest BCUT2D eigenvalue weighted by Gasteiger charge is 2.03. The maximum Gasteiger partial charge on any atom is 0.144 e. The molecule has 74 valence electrons. The first-order valence-electron chi connectivity index (χ1n) is 4.46. The predicted molar refractivity (Wildman–Crippen MR) is 52.3 cm³/mol. The molecular formula is C10H13N3O. The lowest BCUT2D eigenvalue weighted by Crippen LogP contribution is -2.29. The highest BCUT2D eigenvalue weighted by Crippen LogP contribution is 2.03. The molecular weight excluding hydrogens is 178 g/mol. The standard InChI is InChI=1S/C10H13N3O/c1-8(7-14)13-6-9-3-2-4-12-10(9)5-11/h2-4,8,13-14H,6-7H2,1H3. The quantitative estimate of drug-likeness (QED) is 0.723. The number of aliphatic hydroxyl groups excluding tert-OH is 1. The average Bonchev–Trinajstić information content (AvgIpc) is 2.26. The van der Waals surface area contributed by atoms with E-state index in [0.29, 0.717) is 12.2 Å². The molecule has 0 spiro atoms. The van der Waals surface area contributed by atoms with Crippen LogP contribution in [0, 0.1) is 11.3 Å². The molecule has 0 saturated carbocycles. The summed E-state index contributed by atoms with van der Waals surface area (Å²) in [7, 11) is 0. The largest absolute Gasteiger partial charge is 0.395 e. The van der Waals surface area contributed by atoms with Crippen molar-refractivity contribution in [3.8, 4) is 6.07 Å². The molecule has 2 N–H and O–H groups in total. The highest BCUT2D eigenvalue weighted by molar-refractivity contribution is 5.30. The maximum absolute atomic E-state index is 8.80. The molecule has 1 rings (SSSR count). The van der Waals surface area contributed by atoms with Gasteiger partial charge in [0.15, 0.2) is 0 Å². The number of rotatable bonds is 4. The fraction of sp³-hybridized carbons (Fsp3) is 0.400. The van der Waals surface area contributed by atoms with E-state index in [2.05, 4.69) is 10.3 Å². The molecule has 0 aliphatic carbocycles. The Morgan fingerprint density at radius 1 is 1.71 bits per heavy atom. The first-order valence-corrected chi connectivity index (χ1v) is 4.46. The van der Waals surface area contributed by atoms with Gasteiger partial charge in [-0.25, -0.2) is 4.98 Å². The topological polar surface area (TPSA) is 68.9 Å². The molecule has 1 aromatic rings. The lowest BCUT2D eigenvalue weighted by atomic mass is 10.2. The highest BCUT2D eigenvalue weighted by atomic mass is 16.3. The molecule has 0 aliphatic heterocycles. The first kappa shape index (κ1) is 10.6. The summed E-state index contributed by atoms with van der Waals surface area (Å²) in [5.74, 6) is 0. The van der Waals surface area contributed by atoms with Crippen molar-refractivity contribution in [2.45, 2.75) is 19.5 Å². The van der Waals surface area contributed by atoms with E-state index in [9.17, 15) is 0 Å². The van der Waals surface area contributed by atoms with Crippen molar-refractivity contribution >= 4 is 0 Å². The van der Waals surface area contributed by atoms with Crippen LogP contribution in [-0.2, 0) is 6.54 Å². The Morgan fingerprint density at radius 3 is 3.14 bits per heavy atom. The Morgan fingerprint density at radius 2 is 2.50 bits per heavy atom. The molecule has 1 aromatic heterocycles. The third kappa shape index (κ3) is 2.80. The van der Waals surface area contributed by atoms with Crippen molar-refractivity contribution in [2.75, 3.05) is 6.61 Å². The number of aliphatic hydroxyl groups is 1. The monoisotopic (exact) mass is 191 g/mol. The van der Waals surface area contributed by atoms with Gasteiger partial charge in [-0.15, -0.1) is 0 Å². The van der Waals surface area contributed by atoms with Crippen molar-refractivity contribution in [1.82, 2.24) is 10.3 Å². The number of hydrogen-bond donors (Lipinski definition) is 2. The molecule has 1 heterocycles. The molecule has 0 bridgehead atoms. The van der Waals surface area contributed by atoms with Crippen LogP contribution >= 0.6 is 0 Å². The summed E-state index contributed by atoms with van der Waals surface area (Å²) in [6.07, 6.45) is 1.59. The van der Waals surface area contributed by atoms with E-state index in [0.717, 1.165) is 5.56 Å². The number of aromatic nitrogens is 1. The Labute approximate surface area is 83.2 Å². The second kappa shape index (κ2) is 5.32. The molecule has 0 aromatic carbocycles. The molecule has 1 atom stereocenters. The van der Waals surface area contributed by atoms with Crippen LogP contribution in [0.3, 0.4) is 0 Å². The first-order chi connectivity index (χ1) is 6.77. The number of nitrogens with zero attached hydrogens (tertiary/aromatic N) is 2. The van der Waals surface area contributed by atoms with Crippen LogP contribution in [0.15, 0.2) is 18.3 Å². The van der Waals surface area contributed by atoms with E-state index in [1.165, 1.54) is 0 Å². The van der Waals surface area contributed by atoms with E-state index in [-0.39, 0.29) is 12.6 Å². The van der Waals surface area contributed by atoms with Crippen LogP contribution in [-0.4, -0.2) is 22.7 Å². The molecule has 4 heteroatoms. The number of nitrogens with one attached hydrogen (secondary N) is 1. The molecule has 0 saturated heterocycles. The second-order valence-electron chi connectivity index (χ2n) is 3.09. The average molecular weight is 191 g/mol. The fourth-order valence-electron chi connectivity index (χ4n) is 1.03. The predicted octanol–water partition coefficient (Wildman–Crippen LogP) is 0.424. The van der Waals surface area contributed by atoms with Crippen molar-refractivity contribution in [1.29, 1.82) is 5.26 Å². The van der Waals surface area contributed by atoms with Crippen LogP contribution in [0.4, 0.5) is 0 Å². The zero-order valence-electron chi connectivity index (χ0n) is 8.07. The van der Waals surface area contributed by atoms with Crippen LogP contribution in [0.2, 0.25) is 0 Å². The summed E-state index contributed by atoms with van der Waals surface area (Å²) < 4.78 is 0. The minimum atomic E-state index is 0.0294. The Kier molecular flexibility index (Phi) is 4.05. The van der Waals surface area contributed by atoms with Gasteiger partial charge in [-0.05, 0) is 13.0 Å². The van der Waals surface area contributed by atoms with Crippen LogP contribution < -0.4 is 5.32 Å². The third-order valence-electron chi connectivity index (χ3n) is 1.91. The van der Waals surface area contributed by atoms with E-state index < -0.39 is 0 Å². The van der Waals surface area contributed by atoms with Gasteiger partial charge in [0.05, 0.1) is 6.61 Å². The lowest BCUT2D eigenvalue weighted by Gasteiger charge is -2.10.